The van der Waals surface area contributed by atoms with E-state index in [1.807, 2.05) is 30.3 Å². The maximum Gasteiger partial charge on any atom is 0.328 e. The summed E-state index contributed by atoms with van der Waals surface area (Å²) in [5, 5.41) is 5.42. The largest absolute Gasteiger partial charge is 0.454 e. The lowest BCUT2D eigenvalue weighted by molar-refractivity contribution is -0.150. The number of rotatable bonds is 7. The Bertz CT molecular complexity index is 780. The third-order valence-corrected chi connectivity index (χ3v) is 3.83. The number of carbonyl (C=O) groups is 3. The molecule has 0 aromatic heterocycles. The van der Waals surface area contributed by atoms with Gasteiger partial charge in [-0.05, 0) is 24.6 Å². The molecule has 0 saturated heterocycles. The SMILES string of the molecule is CC(NC(=O)c1ccccc1Cl)C(=O)OCC(=O)NCc1ccccc1. The molecule has 6 nitrogen and oxygen atoms in total. The minimum Gasteiger partial charge on any atom is -0.454 e. The number of benzene rings is 2. The van der Waals surface area contributed by atoms with E-state index in [1.165, 1.54) is 6.92 Å². The zero-order valence-corrected chi connectivity index (χ0v) is 15.0. The first-order valence-electron chi connectivity index (χ1n) is 8.00. The van der Waals surface area contributed by atoms with Gasteiger partial charge < -0.3 is 15.4 Å². The van der Waals surface area contributed by atoms with Gasteiger partial charge in [0.05, 0.1) is 10.6 Å². The number of nitrogens with one attached hydrogen (secondary N) is 2. The molecule has 0 aliphatic rings. The molecule has 2 aromatic carbocycles. The van der Waals surface area contributed by atoms with Crippen LogP contribution in [0.1, 0.15) is 22.8 Å². The van der Waals surface area contributed by atoms with Gasteiger partial charge in [0.2, 0.25) is 0 Å². The van der Waals surface area contributed by atoms with E-state index in [1.54, 1.807) is 24.3 Å². The highest BCUT2D eigenvalue weighted by molar-refractivity contribution is 6.33. The van der Waals surface area contributed by atoms with Crippen molar-refractivity contribution in [2.75, 3.05) is 6.61 Å². The van der Waals surface area contributed by atoms with Crippen molar-refractivity contribution in [2.45, 2.75) is 19.5 Å². The first kappa shape index (κ1) is 19.5. The Morgan fingerprint density at radius 3 is 2.38 bits per heavy atom. The quantitative estimate of drug-likeness (QED) is 0.728. The molecule has 1 atom stereocenters. The first-order valence-corrected chi connectivity index (χ1v) is 8.38. The second-order valence-corrected chi connectivity index (χ2v) is 5.95. The van der Waals surface area contributed by atoms with Gasteiger partial charge in [0.25, 0.3) is 11.8 Å². The smallest absolute Gasteiger partial charge is 0.328 e. The van der Waals surface area contributed by atoms with Crippen LogP contribution in [0.4, 0.5) is 0 Å². The van der Waals surface area contributed by atoms with Crippen molar-refractivity contribution in [3.8, 4) is 0 Å². The maximum atomic E-state index is 12.1. The van der Waals surface area contributed by atoms with Crippen LogP contribution in [0.15, 0.2) is 54.6 Å². The van der Waals surface area contributed by atoms with Crippen molar-refractivity contribution in [3.05, 3.63) is 70.7 Å². The third kappa shape index (κ3) is 5.89. The van der Waals surface area contributed by atoms with E-state index in [9.17, 15) is 14.4 Å². The Kier molecular flexibility index (Phi) is 7.17. The lowest BCUT2D eigenvalue weighted by Crippen LogP contribution is -2.41. The highest BCUT2D eigenvalue weighted by Crippen LogP contribution is 2.14. The van der Waals surface area contributed by atoms with Crippen LogP contribution < -0.4 is 10.6 Å². The summed E-state index contributed by atoms with van der Waals surface area (Å²) in [6.07, 6.45) is 0. The molecule has 2 rings (SSSR count). The fraction of sp³-hybridized carbons (Fsp3) is 0.211. The highest BCUT2D eigenvalue weighted by atomic mass is 35.5. The molecular formula is C19H19ClN2O4. The van der Waals surface area contributed by atoms with Crippen LogP contribution in [0.2, 0.25) is 5.02 Å². The van der Waals surface area contributed by atoms with Crippen molar-refractivity contribution in [1.82, 2.24) is 10.6 Å². The molecule has 2 N–H and O–H groups in total. The molecule has 2 amide bonds. The Balaban J connectivity index is 1.75. The molecule has 0 bridgehead atoms. The van der Waals surface area contributed by atoms with Crippen LogP contribution >= 0.6 is 11.6 Å². The molecule has 7 heteroatoms. The van der Waals surface area contributed by atoms with Crippen molar-refractivity contribution in [1.29, 1.82) is 0 Å². The van der Waals surface area contributed by atoms with Crippen LogP contribution in [0, 0.1) is 0 Å². The van der Waals surface area contributed by atoms with Crippen LogP contribution in [0.5, 0.6) is 0 Å². The number of hydrogen-bond donors (Lipinski definition) is 2. The van der Waals surface area contributed by atoms with Gasteiger partial charge in [0, 0.05) is 6.54 Å². The monoisotopic (exact) mass is 374 g/mol. The van der Waals surface area contributed by atoms with Gasteiger partial charge in [-0.15, -0.1) is 0 Å². The molecule has 0 spiro atoms. The van der Waals surface area contributed by atoms with Crippen LogP contribution in [-0.2, 0) is 20.9 Å². The summed E-state index contributed by atoms with van der Waals surface area (Å²) in [7, 11) is 0. The lowest BCUT2D eigenvalue weighted by Gasteiger charge is -2.14. The minimum atomic E-state index is -0.916. The summed E-state index contributed by atoms with van der Waals surface area (Å²) in [4.78, 5) is 35.8. The summed E-state index contributed by atoms with van der Waals surface area (Å²) < 4.78 is 4.92. The summed E-state index contributed by atoms with van der Waals surface area (Å²) in [5.74, 6) is -1.62. The lowest BCUT2D eigenvalue weighted by atomic mass is 10.2. The first-order chi connectivity index (χ1) is 12.5. The topological polar surface area (TPSA) is 84.5 Å². The van der Waals surface area contributed by atoms with E-state index < -0.39 is 30.4 Å². The maximum absolute atomic E-state index is 12.1. The van der Waals surface area contributed by atoms with Crippen molar-refractivity contribution < 1.29 is 19.1 Å². The predicted octanol–water partition coefficient (Wildman–Crippen LogP) is 2.32. The van der Waals surface area contributed by atoms with Gasteiger partial charge in [-0.2, -0.15) is 0 Å². The fourth-order valence-corrected chi connectivity index (χ4v) is 2.31. The van der Waals surface area contributed by atoms with E-state index in [0.717, 1.165) is 5.56 Å². The summed E-state index contributed by atoms with van der Waals surface area (Å²) >= 11 is 5.94. The van der Waals surface area contributed by atoms with Crippen molar-refractivity contribution in [3.63, 3.8) is 0 Å². The molecule has 26 heavy (non-hydrogen) atoms. The molecule has 0 radical (unpaired) electrons. The number of ether oxygens (including phenoxy) is 1. The zero-order chi connectivity index (χ0) is 18.9. The number of halogens is 1. The second kappa shape index (κ2) is 9.58. The van der Waals surface area contributed by atoms with Crippen molar-refractivity contribution in [2.24, 2.45) is 0 Å². The van der Waals surface area contributed by atoms with Gasteiger partial charge >= 0.3 is 5.97 Å². The van der Waals surface area contributed by atoms with Crippen LogP contribution in [0.3, 0.4) is 0 Å². The minimum absolute atomic E-state index is 0.259. The average molecular weight is 375 g/mol. The second-order valence-electron chi connectivity index (χ2n) is 5.55. The molecule has 1 unspecified atom stereocenters. The van der Waals surface area contributed by atoms with Crippen molar-refractivity contribution >= 4 is 29.4 Å². The van der Waals surface area contributed by atoms with Gasteiger partial charge in [0.15, 0.2) is 6.61 Å². The number of hydrogen-bond acceptors (Lipinski definition) is 4. The van der Waals surface area contributed by atoms with E-state index in [-0.39, 0.29) is 10.6 Å². The molecule has 0 aliphatic heterocycles. The van der Waals surface area contributed by atoms with Gasteiger partial charge in [-0.3, -0.25) is 9.59 Å². The molecular weight excluding hydrogens is 356 g/mol. The van der Waals surface area contributed by atoms with Gasteiger partial charge in [-0.25, -0.2) is 4.79 Å². The molecule has 0 saturated carbocycles. The molecule has 2 aromatic rings. The molecule has 0 fully saturated rings. The van der Waals surface area contributed by atoms with Gasteiger partial charge in [0.1, 0.15) is 6.04 Å². The predicted molar refractivity (Wildman–Crippen MR) is 97.6 cm³/mol. The molecule has 0 aliphatic carbocycles. The Morgan fingerprint density at radius 2 is 1.69 bits per heavy atom. The third-order valence-electron chi connectivity index (χ3n) is 3.50. The zero-order valence-electron chi connectivity index (χ0n) is 14.2. The van der Waals surface area contributed by atoms with Crippen LogP contribution in [0.25, 0.3) is 0 Å². The number of esters is 1. The summed E-state index contributed by atoms with van der Waals surface area (Å²) in [6, 6.07) is 14.9. The standard InChI is InChI=1S/C19H19ClN2O4/c1-13(22-18(24)15-9-5-6-10-16(15)20)19(25)26-12-17(23)21-11-14-7-3-2-4-8-14/h2-10,13H,11-12H2,1H3,(H,21,23)(H,22,24). The van der Waals surface area contributed by atoms with Gasteiger partial charge in [-0.1, -0.05) is 54.1 Å². The Labute approximate surface area is 156 Å². The fourth-order valence-electron chi connectivity index (χ4n) is 2.09. The Morgan fingerprint density at radius 1 is 1.04 bits per heavy atom. The van der Waals surface area contributed by atoms with E-state index in [2.05, 4.69) is 10.6 Å². The van der Waals surface area contributed by atoms with E-state index >= 15 is 0 Å². The summed E-state index contributed by atoms with van der Waals surface area (Å²) in [5.41, 5.74) is 1.20. The van der Waals surface area contributed by atoms with E-state index in [4.69, 9.17) is 16.3 Å². The van der Waals surface area contributed by atoms with E-state index in [0.29, 0.717) is 6.54 Å². The number of carbonyl (C=O) groups excluding carboxylic acids is 3. The molecule has 0 heterocycles. The average Bonchev–Trinajstić information content (AvgIpc) is 2.65. The molecule has 136 valence electrons. The summed E-state index contributed by atoms with van der Waals surface area (Å²) in [6.45, 7) is 1.40. The number of amides is 2. The van der Waals surface area contributed by atoms with Crippen LogP contribution in [-0.4, -0.2) is 30.4 Å². The normalized spacial score (nSPS) is 11.3. The Hall–Kier alpha value is -2.86. The highest BCUT2D eigenvalue weighted by Gasteiger charge is 2.20.